The van der Waals surface area contributed by atoms with Gasteiger partial charge >= 0.3 is 0 Å². The second-order valence-electron chi connectivity index (χ2n) is 5.59. The van der Waals surface area contributed by atoms with Crippen molar-refractivity contribution >= 4 is 5.91 Å². The Kier molecular flexibility index (Phi) is 4.81. The monoisotopic (exact) mass is 270 g/mol. The van der Waals surface area contributed by atoms with Crippen LogP contribution in [0.1, 0.15) is 41.3 Å². The minimum atomic E-state index is 0.121. The molecule has 0 bridgehead atoms. The fraction of sp³-hybridized carbons (Fsp3) is 0.471. The fourth-order valence-electron chi connectivity index (χ4n) is 2.69. The molecule has 1 fully saturated rings. The number of hydrogen-bond donors (Lipinski definition) is 1. The van der Waals surface area contributed by atoms with Crippen molar-refractivity contribution in [3.63, 3.8) is 0 Å². The first-order valence-electron chi connectivity index (χ1n) is 7.20. The van der Waals surface area contributed by atoms with Crippen LogP contribution in [0.5, 0.6) is 0 Å². The van der Waals surface area contributed by atoms with Gasteiger partial charge in [-0.15, -0.1) is 0 Å². The summed E-state index contributed by atoms with van der Waals surface area (Å²) < 4.78 is 0. The summed E-state index contributed by atoms with van der Waals surface area (Å²) in [6, 6.07) is 5.80. The molecular weight excluding hydrogens is 248 g/mol. The average molecular weight is 270 g/mol. The lowest BCUT2D eigenvalue weighted by molar-refractivity contribution is 0.0683. The topological polar surface area (TPSA) is 46.3 Å². The van der Waals surface area contributed by atoms with Gasteiger partial charge in [0, 0.05) is 24.2 Å². The number of likely N-dealkylation sites (tertiary alicyclic amines) is 1. The molecule has 3 nitrogen and oxygen atoms in total. The van der Waals surface area contributed by atoms with E-state index >= 15 is 0 Å². The smallest absolute Gasteiger partial charge is 0.253 e. The first-order chi connectivity index (χ1) is 9.60. The Bertz CT molecular complexity index is 554. The Morgan fingerprint density at radius 2 is 2.25 bits per heavy atom. The zero-order chi connectivity index (χ0) is 14.5. The van der Waals surface area contributed by atoms with Gasteiger partial charge in [0.05, 0.1) is 6.54 Å². The number of aryl methyl sites for hydroxylation is 1. The number of nitrogens with two attached hydrogens (primary N) is 1. The van der Waals surface area contributed by atoms with Crippen molar-refractivity contribution in [2.24, 2.45) is 11.7 Å². The number of piperidine rings is 1. The molecule has 20 heavy (non-hydrogen) atoms. The molecule has 1 atom stereocenters. The number of nitrogens with zero attached hydrogens (tertiary/aromatic N) is 1. The lowest BCUT2D eigenvalue weighted by atomic mass is 9.98. The number of carbonyl (C=O) groups is 1. The van der Waals surface area contributed by atoms with Crippen molar-refractivity contribution < 1.29 is 4.79 Å². The van der Waals surface area contributed by atoms with Crippen molar-refractivity contribution in [3.8, 4) is 11.8 Å². The minimum Gasteiger partial charge on any atom is -0.338 e. The summed E-state index contributed by atoms with van der Waals surface area (Å²) in [5, 5.41) is 0. The maximum absolute atomic E-state index is 12.6. The Balaban J connectivity index is 2.22. The van der Waals surface area contributed by atoms with Crippen molar-refractivity contribution in [2.75, 3.05) is 19.6 Å². The van der Waals surface area contributed by atoms with Crippen LogP contribution < -0.4 is 5.73 Å². The molecule has 1 amide bonds. The lowest BCUT2D eigenvalue weighted by Gasteiger charge is -2.31. The van der Waals surface area contributed by atoms with E-state index in [0.29, 0.717) is 12.5 Å². The number of rotatable bonds is 1. The van der Waals surface area contributed by atoms with Crippen LogP contribution in [0.3, 0.4) is 0 Å². The van der Waals surface area contributed by atoms with Crippen LogP contribution in [0.4, 0.5) is 0 Å². The number of hydrogen-bond acceptors (Lipinski definition) is 2. The van der Waals surface area contributed by atoms with Gasteiger partial charge in [-0.25, -0.2) is 0 Å². The predicted molar refractivity (Wildman–Crippen MR) is 81.4 cm³/mol. The van der Waals surface area contributed by atoms with E-state index in [9.17, 15) is 4.79 Å². The van der Waals surface area contributed by atoms with E-state index in [0.717, 1.165) is 36.2 Å². The second-order valence-corrected chi connectivity index (χ2v) is 5.59. The molecular formula is C17H22N2O. The van der Waals surface area contributed by atoms with Crippen LogP contribution >= 0.6 is 0 Å². The normalized spacial score (nSPS) is 18.4. The van der Waals surface area contributed by atoms with Gasteiger partial charge in [-0.3, -0.25) is 4.79 Å². The molecule has 1 aromatic rings. The molecule has 0 aliphatic carbocycles. The van der Waals surface area contributed by atoms with Gasteiger partial charge in [0.2, 0.25) is 0 Å². The Hall–Kier alpha value is -1.79. The Labute approximate surface area is 121 Å². The van der Waals surface area contributed by atoms with Gasteiger partial charge in [-0.1, -0.05) is 18.8 Å². The number of amides is 1. The predicted octanol–water partition coefficient (Wildman–Crippen LogP) is 2.18. The summed E-state index contributed by atoms with van der Waals surface area (Å²) in [4.78, 5) is 14.5. The zero-order valence-electron chi connectivity index (χ0n) is 12.3. The third-order valence-corrected chi connectivity index (χ3v) is 3.60. The third-order valence-electron chi connectivity index (χ3n) is 3.60. The largest absolute Gasteiger partial charge is 0.338 e. The molecule has 0 spiro atoms. The molecule has 1 heterocycles. The molecule has 106 valence electrons. The first kappa shape index (κ1) is 14.6. The van der Waals surface area contributed by atoms with Crippen molar-refractivity contribution in [2.45, 2.75) is 26.7 Å². The van der Waals surface area contributed by atoms with E-state index in [-0.39, 0.29) is 5.91 Å². The highest BCUT2D eigenvalue weighted by Gasteiger charge is 2.22. The molecule has 1 unspecified atom stereocenters. The van der Waals surface area contributed by atoms with Crippen LogP contribution in [-0.4, -0.2) is 30.4 Å². The van der Waals surface area contributed by atoms with Crippen LogP contribution in [0, 0.1) is 24.7 Å². The van der Waals surface area contributed by atoms with Crippen LogP contribution in [0.15, 0.2) is 18.2 Å². The molecule has 1 aromatic carbocycles. The van der Waals surface area contributed by atoms with E-state index < -0.39 is 0 Å². The van der Waals surface area contributed by atoms with E-state index in [1.807, 2.05) is 30.0 Å². The maximum atomic E-state index is 12.6. The summed E-state index contributed by atoms with van der Waals surface area (Å²) >= 11 is 0. The first-order valence-corrected chi connectivity index (χ1v) is 7.20. The van der Waals surface area contributed by atoms with E-state index in [1.54, 1.807) is 0 Å². The maximum Gasteiger partial charge on any atom is 0.253 e. The molecule has 1 aliphatic heterocycles. The van der Waals surface area contributed by atoms with Crippen molar-refractivity contribution in [1.82, 2.24) is 4.90 Å². The molecule has 0 aromatic heterocycles. The SMILES string of the molecule is Cc1cc(C#CCN)cc(C(=O)N2CCCC(C)C2)c1. The summed E-state index contributed by atoms with van der Waals surface area (Å²) in [7, 11) is 0. The quantitative estimate of drug-likeness (QED) is 0.795. The standard InChI is InChI=1S/C17H22N2O/c1-13-5-4-8-19(12-13)17(20)16-10-14(2)9-15(11-16)6-3-7-18/h9-11,13H,4-5,7-8,12,18H2,1-2H3. The Morgan fingerprint density at radius 3 is 2.95 bits per heavy atom. The molecule has 1 aliphatic rings. The molecule has 3 heteroatoms. The minimum absolute atomic E-state index is 0.121. The highest BCUT2D eigenvalue weighted by molar-refractivity contribution is 5.94. The van der Waals surface area contributed by atoms with Gasteiger partial charge in [0.15, 0.2) is 0 Å². The lowest BCUT2D eigenvalue weighted by Crippen LogP contribution is -2.39. The summed E-state index contributed by atoms with van der Waals surface area (Å²) in [6.07, 6.45) is 2.31. The van der Waals surface area contributed by atoms with Gasteiger partial charge in [0.25, 0.3) is 5.91 Å². The molecule has 2 rings (SSSR count). The average Bonchev–Trinajstić information content (AvgIpc) is 2.43. The van der Waals surface area contributed by atoms with E-state index in [1.165, 1.54) is 6.42 Å². The van der Waals surface area contributed by atoms with Gasteiger partial charge in [-0.05, 0) is 49.4 Å². The van der Waals surface area contributed by atoms with Gasteiger partial charge in [-0.2, -0.15) is 0 Å². The summed E-state index contributed by atoms with van der Waals surface area (Å²) in [5.74, 6) is 6.56. The van der Waals surface area contributed by atoms with E-state index in [2.05, 4.69) is 18.8 Å². The Morgan fingerprint density at radius 1 is 1.45 bits per heavy atom. The third kappa shape index (κ3) is 3.61. The van der Waals surface area contributed by atoms with E-state index in [4.69, 9.17) is 5.73 Å². The van der Waals surface area contributed by atoms with Crippen molar-refractivity contribution in [3.05, 3.63) is 34.9 Å². The zero-order valence-corrected chi connectivity index (χ0v) is 12.3. The molecule has 1 saturated heterocycles. The number of benzene rings is 1. The van der Waals surface area contributed by atoms with Crippen LogP contribution in [0.25, 0.3) is 0 Å². The fourth-order valence-corrected chi connectivity index (χ4v) is 2.69. The molecule has 0 radical (unpaired) electrons. The number of carbonyl (C=O) groups excluding carboxylic acids is 1. The second kappa shape index (κ2) is 6.58. The van der Waals surface area contributed by atoms with Crippen LogP contribution in [-0.2, 0) is 0 Å². The summed E-state index contributed by atoms with van der Waals surface area (Å²) in [5.41, 5.74) is 8.05. The highest BCUT2D eigenvalue weighted by atomic mass is 16.2. The van der Waals surface area contributed by atoms with Gasteiger partial charge in [0.1, 0.15) is 0 Å². The van der Waals surface area contributed by atoms with Crippen LogP contribution in [0.2, 0.25) is 0 Å². The van der Waals surface area contributed by atoms with Crippen molar-refractivity contribution in [1.29, 1.82) is 0 Å². The summed E-state index contributed by atoms with van der Waals surface area (Å²) in [6.45, 7) is 6.25. The molecule has 2 N–H and O–H groups in total. The van der Waals surface area contributed by atoms with Gasteiger partial charge < -0.3 is 10.6 Å². The highest BCUT2D eigenvalue weighted by Crippen LogP contribution is 2.19. The molecule has 0 saturated carbocycles.